The molecule has 3 rings (SSSR count). The molecule has 0 unspecified atom stereocenters. The highest BCUT2D eigenvalue weighted by Crippen LogP contribution is 2.17. The number of nitrogens with zero attached hydrogens (tertiary/aromatic N) is 2. The lowest BCUT2D eigenvalue weighted by molar-refractivity contribution is 0.541. The monoisotopic (exact) mass is 288 g/mol. The van der Waals surface area contributed by atoms with Gasteiger partial charge in [0.05, 0.1) is 17.6 Å². The quantitative estimate of drug-likeness (QED) is 0.727. The van der Waals surface area contributed by atoms with Gasteiger partial charge in [-0.1, -0.05) is 18.2 Å². The molecule has 0 aliphatic carbocycles. The lowest BCUT2D eigenvalue weighted by Crippen LogP contribution is -2.24. The van der Waals surface area contributed by atoms with E-state index in [-0.39, 0.29) is 17.8 Å². The van der Waals surface area contributed by atoms with E-state index < -0.39 is 11.6 Å². The van der Waals surface area contributed by atoms with Gasteiger partial charge in [0.25, 0.3) is 0 Å². The average Bonchev–Trinajstić information content (AvgIpc) is 2.75. The number of hydrogen-bond donors (Lipinski definition) is 0. The molecule has 0 aliphatic heterocycles. The summed E-state index contributed by atoms with van der Waals surface area (Å²) in [6.45, 7) is 2.25. The second kappa shape index (κ2) is 5.16. The second-order valence-corrected chi connectivity index (χ2v) is 4.80. The molecule has 1 heterocycles. The topological polar surface area (TPSA) is 26.9 Å². The molecule has 1 aromatic heterocycles. The van der Waals surface area contributed by atoms with Crippen LogP contribution in [0.25, 0.3) is 11.0 Å². The van der Waals surface area contributed by atoms with Gasteiger partial charge in [-0.2, -0.15) is 0 Å². The lowest BCUT2D eigenvalue weighted by atomic mass is 10.2. The lowest BCUT2D eigenvalue weighted by Gasteiger charge is -2.06. The predicted octanol–water partition coefficient (Wildman–Crippen LogP) is 3.15. The Bertz CT molecular complexity index is 844. The Kier molecular flexibility index (Phi) is 3.33. The van der Waals surface area contributed by atoms with Crippen LogP contribution in [0.1, 0.15) is 12.5 Å². The van der Waals surface area contributed by atoms with Gasteiger partial charge in [0.15, 0.2) is 0 Å². The van der Waals surface area contributed by atoms with E-state index in [0.29, 0.717) is 12.1 Å². The van der Waals surface area contributed by atoms with Crippen molar-refractivity contribution in [3.63, 3.8) is 0 Å². The molecule has 108 valence electrons. The van der Waals surface area contributed by atoms with Crippen LogP contribution >= 0.6 is 0 Å². The summed E-state index contributed by atoms with van der Waals surface area (Å²) in [5.74, 6) is -1.29. The van der Waals surface area contributed by atoms with Crippen LogP contribution in [0.4, 0.5) is 8.78 Å². The van der Waals surface area contributed by atoms with Crippen molar-refractivity contribution in [2.45, 2.75) is 20.0 Å². The summed E-state index contributed by atoms with van der Waals surface area (Å²) in [4.78, 5) is 12.4. The number of imidazole rings is 1. The Hall–Kier alpha value is -2.43. The van der Waals surface area contributed by atoms with Gasteiger partial charge in [0, 0.05) is 12.1 Å². The third kappa shape index (κ3) is 2.14. The largest absolute Gasteiger partial charge is 0.329 e. The number of aromatic nitrogens is 2. The molecule has 0 N–H and O–H groups in total. The minimum Gasteiger partial charge on any atom is -0.292 e. The van der Waals surface area contributed by atoms with E-state index in [1.165, 1.54) is 22.8 Å². The first-order valence-corrected chi connectivity index (χ1v) is 6.74. The first-order chi connectivity index (χ1) is 10.1. The summed E-state index contributed by atoms with van der Waals surface area (Å²) < 4.78 is 30.6. The van der Waals surface area contributed by atoms with Crippen molar-refractivity contribution < 1.29 is 8.78 Å². The van der Waals surface area contributed by atoms with Crippen molar-refractivity contribution in [3.8, 4) is 0 Å². The SMILES string of the molecule is CCn1c(=O)n(Cc2c(F)cccc2F)c2ccccc21. The number of aryl methyl sites for hydroxylation is 1. The number of benzene rings is 2. The van der Waals surface area contributed by atoms with E-state index in [4.69, 9.17) is 0 Å². The summed E-state index contributed by atoms with van der Waals surface area (Å²) in [6.07, 6.45) is 0. The van der Waals surface area contributed by atoms with Crippen molar-refractivity contribution in [1.82, 2.24) is 9.13 Å². The molecular weight excluding hydrogens is 274 g/mol. The molecule has 0 atom stereocenters. The van der Waals surface area contributed by atoms with Crippen molar-refractivity contribution in [2.24, 2.45) is 0 Å². The van der Waals surface area contributed by atoms with Crippen LogP contribution < -0.4 is 5.69 Å². The van der Waals surface area contributed by atoms with Crippen LogP contribution in [0.15, 0.2) is 47.3 Å². The fourth-order valence-electron chi connectivity index (χ4n) is 2.57. The third-order valence-corrected chi connectivity index (χ3v) is 3.62. The summed E-state index contributed by atoms with van der Waals surface area (Å²) in [5.41, 5.74) is 1.08. The highest BCUT2D eigenvalue weighted by molar-refractivity contribution is 5.76. The van der Waals surface area contributed by atoms with Gasteiger partial charge < -0.3 is 0 Å². The molecular formula is C16H14F2N2O. The van der Waals surface area contributed by atoms with Gasteiger partial charge in [-0.25, -0.2) is 13.6 Å². The van der Waals surface area contributed by atoms with Gasteiger partial charge in [0.2, 0.25) is 0 Å². The van der Waals surface area contributed by atoms with E-state index >= 15 is 0 Å². The zero-order valence-electron chi connectivity index (χ0n) is 11.5. The number of para-hydroxylation sites is 2. The molecule has 2 aromatic carbocycles. The highest BCUT2D eigenvalue weighted by Gasteiger charge is 2.15. The van der Waals surface area contributed by atoms with Crippen LogP contribution in [0.5, 0.6) is 0 Å². The minimum atomic E-state index is -0.643. The number of rotatable bonds is 3. The first kappa shape index (κ1) is 13.5. The fraction of sp³-hybridized carbons (Fsp3) is 0.188. The number of fused-ring (bicyclic) bond motifs is 1. The summed E-state index contributed by atoms with van der Waals surface area (Å²) >= 11 is 0. The molecule has 0 spiro atoms. The molecule has 0 amide bonds. The molecule has 0 aliphatic rings. The zero-order chi connectivity index (χ0) is 15.0. The molecule has 3 aromatic rings. The summed E-state index contributed by atoms with van der Waals surface area (Å²) in [7, 11) is 0. The maximum atomic E-state index is 13.8. The van der Waals surface area contributed by atoms with E-state index in [9.17, 15) is 13.6 Å². The minimum absolute atomic E-state index is 0.0985. The maximum Gasteiger partial charge on any atom is 0.329 e. The van der Waals surface area contributed by atoms with Crippen LogP contribution in [0.3, 0.4) is 0 Å². The molecule has 0 fully saturated rings. The molecule has 3 nitrogen and oxygen atoms in total. The standard InChI is InChI=1S/C16H14F2N2O/c1-2-19-14-8-3-4-9-15(14)20(16(19)21)10-11-12(17)6-5-7-13(11)18/h3-9H,2,10H2,1H3. The number of halogens is 2. The van der Waals surface area contributed by atoms with Crippen molar-refractivity contribution >= 4 is 11.0 Å². The predicted molar refractivity (Wildman–Crippen MR) is 77.3 cm³/mol. The van der Waals surface area contributed by atoms with Gasteiger partial charge in [0.1, 0.15) is 11.6 Å². The first-order valence-electron chi connectivity index (χ1n) is 6.74. The molecule has 0 saturated carbocycles. The maximum absolute atomic E-state index is 13.8. The van der Waals surface area contributed by atoms with Crippen LogP contribution in [-0.2, 0) is 13.1 Å². The molecule has 21 heavy (non-hydrogen) atoms. The van der Waals surface area contributed by atoms with Crippen molar-refractivity contribution in [3.05, 3.63) is 70.1 Å². The second-order valence-electron chi connectivity index (χ2n) is 4.80. The Balaban J connectivity index is 2.22. The summed E-state index contributed by atoms with van der Waals surface area (Å²) in [6, 6.07) is 10.9. The Labute approximate surface area is 120 Å². The van der Waals surface area contributed by atoms with E-state index in [1.807, 2.05) is 19.1 Å². The summed E-state index contributed by atoms with van der Waals surface area (Å²) in [5, 5.41) is 0. The number of hydrogen-bond acceptors (Lipinski definition) is 1. The van der Waals surface area contributed by atoms with E-state index in [1.54, 1.807) is 16.7 Å². The van der Waals surface area contributed by atoms with E-state index in [2.05, 4.69) is 0 Å². The molecule has 0 radical (unpaired) electrons. The Morgan fingerprint density at radius 3 is 2.05 bits per heavy atom. The van der Waals surface area contributed by atoms with Gasteiger partial charge in [-0.05, 0) is 31.2 Å². The van der Waals surface area contributed by atoms with Gasteiger partial charge in [-0.3, -0.25) is 9.13 Å². The van der Waals surface area contributed by atoms with Gasteiger partial charge in [-0.15, -0.1) is 0 Å². The van der Waals surface area contributed by atoms with Crippen LogP contribution in [0, 0.1) is 11.6 Å². The highest BCUT2D eigenvalue weighted by atomic mass is 19.1. The fourth-order valence-corrected chi connectivity index (χ4v) is 2.57. The normalized spacial score (nSPS) is 11.2. The average molecular weight is 288 g/mol. The van der Waals surface area contributed by atoms with Crippen molar-refractivity contribution in [1.29, 1.82) is 0 Å². The van der Waals surface area contributed by atoms with Crippen LogP contribution in [0.2, 0.25) is 0 Å². The third-order valence-electron chi connectivity index (χ3n) is 3.62. The molecule has 5 heteroatoms. The molecule has 0 saturated heterocycles. The van der Waals surface area contributed by atoms with Crippen LogP contribution in [-0.4, -0.2) is 9.13 Å². The Morgan fingerprint density at radius 1 is 0.905 bits per heavy atom. The smallest absolute Gasteiger partial charge is 0.292 e. The zero-order valence-corrected chi connectivity index (χ0v) is 11.5. The Morgan fingerprint density at radius 2 is 1.48 bits per heavy atom. The van der Waals surface area contributed by atoms with Crippen molar-refractivity contribution in [2.75, 3.05) is 0 Å². The van der Waals surface area contributed by atoms with E-state index in [0.717, 1.165) is 5.52 Å². The van der Waals surface area contributed by atoms with Gasteiger partial charge >= 0.3 is 5.69 Å². The molecule has 0 bridgehead atoms.